The molecule has 1 heterocycles. The fourth-order valence-electron chi connectivity index (χ4n) is 3.02. The van der Waals surface area contributed by atoms with Gasteiger partial charge in [0.25, 0.3) is 0 Å². The molecule has 1 aromatic heterocycles. The number of aryl methyl sites for hydroxylation is 1. The Hall–Kier alpha value is -2.48. The van der Waals surface area contributed by atoms with Crippen LogP contribution in [0.2, 0.25) is 0 Å². The van der Waals surface area contributed by atoms with E-state index in [2.05, 4.69) is 0 Å². The predicted molar refractivity (Wildman–Crippen MR) is 121 cm³/mol. The largest absolute Gasteiger partial charge is 0.229 e. The molecule has 0 unspecified atom stereocenters. The van der Waals surface area contributed by atoms with Crippen LogP contribution in [0.1, 0.15) is 5.56 Å². The minimum Gasteiger partial charge on any atom is -0.229 e. The fraction of sp³-hybridized carbons (Fsp3) is 0.0870. The summed E-state index contributed by atoms with van der Waals surface area (Å²) in [5.41, 5.74) is 3.10. The topological polar surface area (TPSA) is 47.0 Å². The molecule has 0 aliphatic rings. The second-order valence-corrected chi connectivity index (χ2v) is 11.2. The molecule has 0 aliphatic carbocycles. The van der Waals surface area contributed by atoms with Crippen LogP contribution in [-0.2, 0) is 9.84 Å². The van der Waals surface area contributed by atoms with Crippen molar-refractivity contribution in [3.05, 3.63) is 84.2 Å². The number of sulfone groups is 1. The second-order valence-electron chi connectivity index (χ2n) is 6.85. The quantitative estimate of drug-likeness (QED) is 0.346. The lowest BCUT2D eigenvalue weighted by Gasteiger charge is -2.08. The molecule has 152 valence electrons. The van der Waals surface area contributed by atoms with Gasteiger partial charge in [-0.1, -0.05) is 59.8 Å². The Kier molecular flexibility index (Phi) is 5.77. The Balaban J connectivity index is 1.87. The van der Waals surface area contributed by atoms with Crippen LogP contribution < -0.4 is 0 Å². The van der Waals surface area contributed by atoms with E-state index in [1.165, 1.54) is 47.1 Å². The first-order valence-electron chi connectivity index (χ1n) is 9.12. The first-order valence-corrected chi connectivity index (χ1v) is 12.6. The summed E-state index contributed by atoms with van der Waals surface area (Å²) in [5.74, 6) is -0.324. The third-order valence-electron chi connectivity index (χ3n) is 4.48. The van der Waals surface area contributed by atoms with Crippen LogP contribution in [0.3, 0.4) is 0 Å². The van der Waals surface area contributed by atoms with Gasteiger partial charge in [-0.25, -0.2) is 17.8 Å². The number of hydrogen-bond donors (Lipinski definition) is 0. The number of halogens is 1. The molecule has 4 rings (SSSR count). The minimum absolute atomic E-state index is 0.227. The van der Waals surface area contributed by atoms with Crippen LogP contribution in [0.5, 0.6) is 0 Å². The van der Waals surface area contributed by atoms with Crippen molar-refractivity contribution in [2.75, 3.05) is 6.26 Å². The molecule has 30 heavy (non-hydrogen) atoms. The molecule has 0 saturated carbocycles. The average Bonchev–Trinajstić information content (AvgIpc) is 3.13. The summed E-state index contributed by atoms with van der Waals surface area (Å²) in [5, 5.41) is 0. The van der Waals surface area contributed by atoms with Crippen LogP contribution in [0.25, 0.3) is 21.7 Å². The highest BCUT2D eigenvalue weighted by molar-refractivity contribution is 8.01. The highest BCUT2D eigenvalue weighted by atomic mass is 32.2. The maximum absolute atomic E-state index is 13.5. The number of hydrogen-bond acceptors (Lipinski definition) is 5. The van der Waals surface area contributed by atoms with Crippen molar-refractivity contribution < 1.29 is 12.8 Å². The number of nitrogens with zero attached hydrogens (tertiary/aromatic N) is 1. The van der Waals surface area contributed by atoms with E-state index in [0.29, 0.717) is 11.3 Å². The van der Waals surface area contributed by atoms with E-state index in [0.717, 1.165) is 19.7 Å². The molecule has 4 aromatic rings. The third-order valence-corrected chi connectivity index (χ3v) is 7.81. The van der Waals surface area contributed by atoms with Crippen molar-refractivity contribution in [1.29, 1.82) is 0 Å². The highest BCUT2D eigenvalue weighted by Crippen LogP contribution is 2.43. The Labute approximate surface area is 183 Å². The summed E-state index contributed by atoms with van der Waals surface area (Å²) in [7, 11) is -3.44. The van der Waals surface area contributed by atoms with Gasteiger partial charge in [0.05, 0.1) is 15.5 Å². The van der Waals surface area contributed by atoms with Crippen molar-refractivity contribution in [3.8, 4) is 21.7 Å². The van der Waals surface area contributed by atoms with E-state index in [4.69, 9.17) is 4.98 Å². The van der Waals surface area contributed by atoms with Crippen molar-refractivity contribution in [2.24, 2.45) is 0 Å². The number of rotatable bonds is 5. The molecule has 0 N–H and O–H groups in total. The Morgan fingerprint density at radius 1 is 0.933 bits per heavy atom. The lowest BCUT2D eigenvalue weighted by molar-refractivity contribution is 0.602. The SMILES string of the molecule is Cc1ccc(Sc2nc(-c3ccccc3S(C)(=O)=O)c(-c3ccc(F)cc3)s2)cc1. The maximum atomic E-state index is 13.5. The second kappa shape index (κ2) is 8.34. The van der Waals surface area contributed by atoms with Crippen LogP contribution in [-0.4, -0.2) is 19.7 Å². The summed E-state index contributed by atoms with van der Waals surface area (Å²) in [6.45, 7) is 2.03. The first-order chi connectivity index (χ1) is 14.3. The normalized spacial score (nSPS) is 11.6. The zero-order valence-electron chi connectivity index (χ0n) is 16.3. The Bertz CT molecular complexity index is 1300. The van der Waals surface area contributed by atoms with Gasteiger partial charge in [0, 0.05) is 16.7 Å². The zero-order valence-corrected chi connectivity index (χ0v) is 18.7. The van der Waals surface area contributed by atoms with E-state index < -0.39 is 9.84 Å². The van der Waals surface area contributed by atoms with Gasteiger partial charge in [-0.2, -0.15) is 0 Å². The van der Waals surface area contributed by atoms with Gasteiger partial charge in [-0.3, -0.25) is 0 Å². The Morgan fingerprint density at radius 3 is 2.27 bits per heavy atom. The third kappa shape index (κ3) is 4.48. The van der Waals surface area contributed by atoms with Crippen molar-refractivity contribution in [2.45, 2.75) is 21.1 Å². The van der Waals surface area contributed by atoms with E-state index in [-0.39, 0.29) is 10.7 Å². The van der Waals surface area contributed by atoms with Gasteiger partial charge in [0.1, 0.15) is 5.82 Å². The van der Waals surface area contributed by atoms with Gasteiger partial charge in [0.2, 0.25) is 0 Å². The zero-order chi connectivity index (χ0) is 21.3. The van der Waals surface area contributed by atoms with Crippen LogP contribution in [0, 0.1) is 12.7 Å². The number of thiazole rings is 1. The van der Waals surface area contributed by atoms with Crippen LogP contribution in [0.4, 0.5) is 4.39 Å². The molecule has 0 fully saturated rings. The molecular weight excluding hydrogens is 437 g/mol. The molecule has 3 aromatic carbocycles. The monoisotopic (exact) mass is 455 g/mol. The molecule has 0 radical (unpaired) electrons. The first kappa shape index (κ1) is 20.8. The predicted octanol–water partition coefficient (Wildman–Crippen LogP) is 6.48. The van der Waals surface area contributed by atoms with Gasteiger partial charge in [0.15, 0.2) is 14.2 Å². The van der Waals surface area contributed by atoms with Gasteiger partial charge < -0.3 is 0 Å². The molecule has 0 spiro atoms. The summed E-state index contributed by atoms with van der Waals surface area (Å²) in [6.07, 6.45) is 1.19. The van der Waals surface area contributed by atoms with Crippen LogP contribution >= 0.6 is 23.1 Å². The summed E-state index contributed by atoms with van der Waals surface area (Å²) < 4.78 is 39.0. The van der Waals surface area contributed by atoms with E-state index >= 15 is 0 Å². The Morgan fingerprint density at radius 2 is 1.60 bits per heavy atom. The standard InChI is InChI=1S/C23H18FNO2S3/c1-15-7-13-18(14-8-15)28-23-25-21(19-5-3-4-6-20(19)30(2,26)27)22(29-23)16-9-11-17(24)12-10-16/h3-14H,1-2H3. The maximum Gasteiger partial charge on any atom is 0.176 e. The molecule has 7 heteroatoms. The molecule has 0 saturated heterocycles. The fourth-order valence-corrected chi connectivity index (χ4v) is 6.04. The lowest BCUT2D eigenvalue weighted by Crippen LogP contribution is -2.00. The molecule has 0 atom stereocenters. The highest BCUT2D eigenvalue weighted by Gasteiger charge is 2.21. The van der Waals surface area contributed by atoms with Crippen molar-refractivity contribution >= 4 is 32.9 Å². The molecule has 0 bridgehead atoms. The summed E-state index contributed by atoms with van der Waals surface area (Å²) in [6, 6.07) is 21.2. The van der Waals surface area contributed by atoms with E-state index in [1.807, 2.05) is 31.2 Å². The summed E-state index contributed by atoms with van der Waals surface area (Å²) >= 11 is 2.99. The van der Waals surface area contributed by atoms with E-state index in [9.17, 15) is 12.8 Å². The van der Waals surface area contributed by atoms with Crippen molar-refractivity contribution in [3.63, 3.8) is 0 Å². The van der Waals surface area contributed by atoms with E-state index in [1.54, 1.807) is 36.4 Å². The number of benzene rings is 3. The minimum atomic E-state index is -3.44. The van der Waals surface area contributed by atoms with Gasteiger partial charge >= 0.3 is 0 Å². The van der Waals surface area contributed by atoms with Crippen molar-refractivity contribution in [1.82, 2.24) is 4.98 Å². The summed E-state index contributed by atoms with van der Waals surface area (Å²) in [4.78, 5) is 6.87. The van der Waals surface area contributed by atoms with Crippen LogP contribution in [0.15, 0.2) is 86.9 Å². The average molecular weight is 456 g/mol. The molecule has 0 aliphatic heterocycles. The number of aromatic nitrogens is 1. The lowest BCUT2D eigenvalue weighted by atomic mass is 10.1. The van der Waals surface area contributed by atoms with Gasteiger partial charge in [-0.15, -0.1) is 11.3 Å². The molecular formula is C23H18FNO2S3. The molecule has 0 amide bonds. The smallest absolute Gasteiger partial charge is 0.176 e. The molecule has 3 nitrogen and oxygen atoms in total. The van der Waals surface area contributed by atoms with Gasteiger partial charge in [-0.05, 0) is 42.8 Å².